The Bertz CT molecular complexity index is 1490. The predicted molar refractivity (Wildman–Crippen MR) is 216 cm³/mol. The van der Waals surface area contributed by atoms with Crippen LogP contribution in [-0.4, -0.2) is 101 Å². The Hall–Kier alpha value is -2.88. The van der Waals surface area contributed by atoms with E-state index < -0.39 is 65.2 Å². The van der Waals surface area contributed by atoms with Crippen molar-refractivity contribution in [3.8, 4) is 0 Å². The average molecular weight is 837 g/mol. The molecule has 336 valence electrons. The molecule has 59 heavy (non-hydrogen) atoms. The van der Waals surface area contributed by atoms with E-state index in [9.17, 15) is 29.5 Å². The van der Waals surface area contributed by atoms with Crippen molar-refractivity contribution in [1.82, 2.24) is 0 Å². The largest absolute Gasteiger partial charge is 0.481 e. The molecule has 4 saturated carbocycles. The van der Waals surface area contributed by atoms with Crippen LogP contribution in [0.25, 0.3) is 0 Å². The number of hydrogen-bond acceptors (Lipinski definition) is 13. The van der Waals surface area contributed by atoms with Crippen LogP contribution in [0.15, 0.2) is 24.3 Å². The number of hydrogen-bond donors (Lipinski definition) is 2. The summed E-state index contributed by atoms with van der Waals surface area (Å²) in [7, 11) is 3.68. The molecule has 4 aliphatic rings. The number of esters is 3. The molecule has 0 aromatic heterocycles. The summed E-state index contributed by atoms with van der Waals surface area (Å²) < 4.78 is 28.9. The van der Waals surface area contributed by atoms with Gasteiger partial charge >= 0.3 is 23.9 Å². The Labute approximate surface area is 350 Å². The van der Waals surface area contributed by atoms with Crippen molar-refractivity contribution in [3.05, 3.63) is 24.3 Å². The van der Waals surface area contributed by atoms with E-state index in [0.29, 0.717) is 18.9 Å². The number of ether oxygens (including phenoxy) is 5. The first-order valence-electron chi connectivity index (χ1n) is 21.4. The molecule has 4 fully saturated rings. The number of carboxylic acids is 1. The van der Waals surface area contributed by atoms with Gasteiger partial charge in [0.05, 0.1) is 66.2 Å². The topological polar surface area (TPSA) is 183 Å². The highest BCUT2D eigenvalue weighted by atomic mass is 17.2. The lowest BCUT2D eigenvalue weighted by molar-refractivity contribution is -0.293. The average Bonchev–Trinajstić information content (AvgIpc) is 3.17. The number of carbonyl (C=O) groups excluding carboxylic acids is 3. The number of methoxy groups -OCH3 is 2. The lowest BCUT2D eigenvalue weighted by Crippen LogP contribution is -2.54. The normalized spacial score (nSPS) is 32.4. The van der Waals surface area contributed by atoms with Crippen molar-refractivity contribution < 1.29 is 67.9 Å². The van der Waals surface area contributed by atoms with E-state index in [1.165, 1.54) is 19.1 Å². The van der Waals surface area contributed by atoms with E-state index in [2.05, 4.69) is 52.7 Å². The molecular formula is C45H72O14. The van der Waals surface area contributed by atoms with Crippen LogP contribution in [-0.2, 0) is 57.5 Å². The third-order valence-corrected chi connectivity index (χ3v) is 15.2. The third kappa shape index (κ3) is 11.0. The second-order valence-corrected chi connectivity index (χ2v) is 19.1. The first kappa shape index (κ1) is 48.8. The molecule has 0 radical (unpaired) electrons. The Morgan fingerprint density at radius 1 is 0.763 bits per heavy atom. The molecule has 6 unspecified atom stereocenters. The van der Waals surface area contributed by atoms with Gasteiger partial charge in [0.1, 0.15) is 12.5 Å². The van der Waals surface area contributed by atoms with Crippen LogP contribution in [0.4, 0.5) is 0 Å². The summed E-state index contributed by atoms with van der Waals surface area (Å²) in [5.74, 6) is -5.36. The molecular weight excluding hydrogens is 764 g/mol. The monoisotopic (exact) mass is 836 g/mol. The molecule has 0 aromatic carbocycles. The first-order valence-corrected chi connectivity index (χ1v) is 21.4. The molecule has 14 heteroatoms. The van der Waals surface area contributed by atoms with Crippen molar-refractivity contribution in [2.45, 2.75) is 124 Å². The van der Waals surface area contributed by atoms with Gasteiger partial charge in [0.2, 0.25) is 0 Å². The first-order chi connectivity index (χ1) is 27.8. The number of aliphatic carboxylic acids is 1. The van der Waals surface area contributed by atoms with Crippen LogP contribution < -0.4 is 0 Å². The van der Waals surface area contributed by atoms with Gasteiger partial charge in [-0.2, -0.15) is 0 Å². The maximum atomic E-state index is 14.3. The number of carboxylic acid groups (broad SMARTS) is 1. The molecule has 14 nitrogen and oxygen atoms in total. The van der Waals surface area contributed by atoms with Crippen molar-refractivity contribution in [3.63, 3.8) is 0 Å². The molecule has 0 spiro atoms. The highest BCUT2D eigenvalue weighted by Gasteiger charge is 2.56. The fourth-order valence-corrected chi connectivity index (χ4v) is 12.1. The zero-order chi connectivity index (χ0) is 43.8. The minimum absolute atomic E-state index is 0.00103. The van der Waals surface area contributed by atoms with Gasteiger partial charge in [0, 0.05) is 17.3 Å². The summed E-state index contributed by atoms with van der Waals surface area (Å²) in [6.45, 7) is 20.6. The van der Waals surface area contributed by atoms with Gasteiger partial charge < -0.3 is 28.8 Å². The maximum absolute atomic E-state index is 14.3. The molecule has 0 aromatic rings. The quantitative estimate of drug-likeness (QED) is 0.0384. The Balaban J connectivity index is 1.52. The highest BCUT2D eigenvalue weighted by molar-refractivity contribution is 5.86. The molecule has 0 heterocycles. The lowest BCUT2D eigenvalue weighted by Gasteiger charge is -2.58. The third-order valence-electron chi connectivity index (χ3n) is 15.2. The predicted octanol–water partition coefficient (Wildman–Crippen LogP) is 7.39. The minimum atomic E-state index is -1.50. The van der Waals surface area contributed by atoms with Crippen LogP contribution in [0.1, 0.15) is 112 Å². The lowest BCUT2D eigenvalue weighted by atomic mass is 9.47. The molecule has 11 atom stereocenters. The van der Waals surface area contributed by atoms with Crippen LogP contribution in [0.3, 0.4) is 0 Å². The van der Waals surface area contributed by atoms with Gasteiger partial charge in [0.25, 0.3) is 0 Å². The summed E-state index contributed by atoms with van der Waals surface area (Å²) in [5.41, 5.74) is 1.47. The van der Waals surface area contributed by atoms with Crippen LogP contribution in [0, 0.1) is 57.2 Å². The summed E-state index contributed by atoms with van der Waals surface area (Å²) in [6.07, 6.45) is 6.55. The van der Waals surface area contributed by atoms with Gasteiger partial charge in [-0.15, -0.1) is 0 Å². The van der Waals surface area contributed by atoms with E-state index in [4.69, 9.17) is 33.5 Å². The van der Waals surface area contributed by atoms with Crippen LogP contribution >= 0.6 is 0 Å². The van der Waals surface area contributed by atoms with E-state index in [0.717, 1.165) is 71.2 Å². The zero-order valence-corrected chi connectivity index (χ0v) is 36.8. The van der Waals surface area contributed by atoms with Crippen molar-refractivity contribution >= 4 is 23.9 Å². The van der Waals surface area contributed by atoms with Crippen molar-refractivity contribution in [1.29, 1.82) is 0 Å². The Kier molecular flexibility index (Phi) is 17.2. The second kappa shape index (κ2) is 20.8. The highest BCUT2D eigenvalue weighted by Crippen LogP contribution is 2.62. The number of rotatable bonds is 21. The summed E-state index contributed by atoms with van der Waals surface area (Å²) in [4.78, 5) is 66.4. The van der Waals surface area contributed by atoms with E-state index in [1.54, 1.807) is 0 Å². The Morgan fingerprint density at radius 2 is 1.34 bits per heavy atom. The summed E-state index contributed by atoms with van der Waals surface area (Å²) in [5, 5.41) is 18.9. The maximum Gasteiger partial charge on any atom is 0.335 e. The van der Waals surface area contributed by atoms with Crippen molar-refractivity contribution in [2.75, 3.05) is 54.4 Å². The fourth-order valence-electron chi connectivity index (χ4n) is 12.1. The number of fused-ring (bicyclic) bond motifs is 2. The summed E-state index contributed by atoms with van der Waals surface area (Å²) >= 11 is 0. The zero-order valence-electron chi connectivity index (χ0n) is 36.8. The SMILES string of the molecule is C=C1CCC2C(C)(C)CCC[C@]2(C)[C@H]1COC(COOC)C(CCOO)C(=O)OC[C@]1(C)CCC[C@@]2(C)C1CCC(=C)[C@@H]2COC(C(=O)OC)C(CC(=O)O)C(=O)OC. The molecule has 0 amide bonds. The van der Waals surface area contributed by atoms with Gasteiger partial charge in [-0.05, 0) is 85.9 Å². The second-order valence-electron chi connectivity index (χ2n) is 19.1. The van der Waals surface area contributed by atoms with Gasteiger partial charge in [-0.3, -0.25) is 19.6 Å². The molecule has 0 saturated heterocycles. The minimum Gasteiger partial charge on any atom is -0.481 e. The van der Waals surface area contributed by atoms with E-state index in [-0.39, 0.29) is 61.4 Å². The smallest absolute Gasteiger partial charge is 0.335 e. The van der Waals surface area contributed by atoms with Gasteiger partial charge in [-0.1, -0.05) is 71.8 Å². The molecule has 4 rings (SSSR count). The molecule has 0 aliphatic heterocycles. The van der Waals surface area contributed by atoms with Crippen LogP contribution in [0.5, 0.6) is 0 Å². The fraction of sp³-hybridized carbons (Fsp3) is 0.822. The van der Waals surface area contributed by atoms with E-state index in [1.807, 2.05) is 0 Å². The molecule has 2 N–H and O–H groups in total. The molecule has 4 aliphatic carbocycles. The number of carbonyl (C=O) groups is 4. The summed E-state index contributed by atoms with van der Waals surface area (Å²) in [6, 6.07) is 0. The Morgan fingerprint density at radius 3 is 1.92 bits per heavy atom. The standard InChI is InChI=1S/C45H72O14/c1-28-13-15-35-42(3,4)18-11-20-44(35,6)32(28)24-55-34(26-59-54-10)30(17-22-58-51)40(49)57-27-43(5)19-12-21-45(7)33(29(2)14-16-36(43)45)25-56-38(41(50)53-9)31(23-37(46)47)39(48)52-8/h30-36,38,51H,1-2,11-27H2,3-10H3,(H,46,47)/t30?,31?,32-,33-,34?,35?,36?,38?,43-,44+,45+/m0/s1. The van der Waals surface area contributed by atoms with Crippen LogP contribution in [0.2, 0.25) is 0 Å². The van der Waals surface area contributed by atoms with Gasteiger partial charge in [0.15, 0.2) is 6.10 Å². The molecule has 0 bridgehead atoms. The van der Waals surface area contributed by atoms with Gasteiger partial charge in [-0.25, -0.2) is 19.5 Å². The van der Waals surface area contributed by atoms with Crippen molar-refractivity contribution in [2.24, 2.45) is 57.2 Å². The van der Waals surface area contributed by atoms with E-state index >= 15 is 0 Å².